The van der Waals surface area contributed by atoms with E-state index in [1.807, 2.05) is 22.2 Å². The topological polar surface area (TPSA) is 198 Å². The van der Waals surface area contributed by atoms with Crippen molar-refractivity contribution >= 4 is 34.8 Å². The number of alkyl carbamates (subject to hydrolysis) is 1. The highest BCUT2D eigenvalue weighted by Gasteiger charge is 2.56. The molecule has 3 aromatic carbocycles. The van der Waals surface area contributed by atoms with Gasteiger partial charge in [0.15, 0.2) is 6.04 Å². The van der Waals surface area contributed by atoms with Crippen LogP contribution in [0.5, 0.6) is 0 Å². The number of hydrogen-bond donors (Lipinski definition) is 4. The van der Waals surface area contributed by atoms with Gasteiger partial charge in [0, 0.05) is 50.5 Å². The number of nitrogens with one attached hydrogen (secondary N) is 3. The van der Waals surface area contributed by atoms with Crippen LogP contribution in [0.1, 0.15) is 95.4 Å². The molecule has 5 aromatic rings. The number of imidazole rings is 2. The van der Waals surface area contributed by atoms with Crippen LogP contribution in [-0.4, -0.2) is 119 Å². The maximum atomic E-state index is 14.5. The van der Waals surface area contributed by atoms with E-state index >= 15 is 0 Å². The molecule has 0 bridgehead atoms. The predicted octanol–water partition coefficient (Wildman–Crippen LogP) is 7.30. The first-order valence-corrected chi connectivity index (χ1v) is 24.9. The molecule has 1 spiro atoms. The monoisotopic (exact) mass is 941 g/mol. The maximum Gasteiger partial charge on any atom is 0.513 e. The van der Waals surface area contributed by atoms with Gasteiger partial charge >= 0.3 is 12.2 Å². The summed E-state index contributed by atoms with van der Waals surface area (Å²) in [5, 5.41) is 6.56. The van der Waals surface area contributed by atoms with Crippen molar-refractivity contribution < 1.29 is 43.4 Å². The van der Waals surface area contributed by atoms with Gasteiger partial charge < -0.3 is 44.0 Å². The minimum Gasteiger partial charge on any atom is -0.453 e. The summed E-state index contributed by atoms with van der Waals surface area (Å²) >= 11 is 0. The third kappa shape index (κ3) is 9.50. The SMILES string of the molecule is CCC1CC(C)C(c2ncc(-c3ccc(-c4ccc5cc(-c6cnc(C7CC8(CC8)CN7C(=O)C([NH2+]C(=O)OC)C7CCOCC7)[nH]6)ccc5c4)cc3)[nH]2)N1C(=O)C(NC(=O)OC)C1CCOCC1. The van der Waals surface area contributed by atoms with Crippen LogP contribution >= 0.6 is 0 Å². The first-order chi connectivity index (χ1) is 33.5. The Hall–Kier alpha value is -6.10. The molecule has 5 N–H and O–H groups in total. The Balaban J connectivity index is 0.835. The molecule has 1 saturated carbocycles. The molecule has 6 unspecified atom stereocenters. The van der Waals surface area contributed by atoms with Crippen molar-refractivity contribution in [2.75, 3.05) is 47.2 Å². The van der Waals surface area contributed by atoms with Crippen molar-refractivity contribution in [1.82, 2.24) is 35.1 Å². The Morgan fingerprint density at radius 1 is 0.783 bits per heavy atom. The summed E-state index contributed by atoms with van der Waals surface area (Å²) in [6.07, 6.45) is 10.1. The fourth-order valence-electron chi connectivity index (χ4n) is 11.7. The summed E-state index contributed by atoms with van der Waals surface area (Å²) in [4.78, 5) is 74.8. The molecule has 5 fully saturated rings. The number of likely N-dealkylation sites (tertiary alicyclic amines) is 2. The Kier molecular flexibility index (Phi) is 13.3. The average molecular weight is 942 g/mol. The quantitative estimate of drug-likeness (QED) is 0.0985. The number of nitrogens with zero attached hydrogens (tertiary/aromatic N) is 4. The molecule has 6 heterocycles. The van der Waals surface area contributed by atoms with Crippen LogP contribution < -0.4 is 10.6 Å². The van der Waals surface area contributed by atoms with E-state index in [1.54, 1.807) is 0 Å². The molecular formula is C53H65N8O8+. The van der Waals surface area contributed by atoms with Gasteiger partial charge in [0.1, 0.15) is 17.7 Å². The lowest BCUT2D eigenvalue weighted by Crippen LogP contribution is -2.97. The Morgan fingerprint density at radius 3 is 2.03 bits per heavy atom. The summed E-state index contributed by atoms with van der Waals surface area (Å²) in [6.45, 7) is 7.22. The number of carbonyl (C=O) groups excluding carboxylic acids is 4. The van der Waals surface area contributed by atoms with Crippen LogP contribution in [0.25, 0.3) is 44.4 Å². The van der Waals surface area contributed by atoms with Gasteiger partial charge in [-0.3, -0.25) is 9.59 Å². The molecule has 2 aromatic heterocycles. The molecule has 4 amide bonds. The van der Waals surface area contributed by atoms with Crippen LogP contribution in [0.4, 0.5) is 9.59 Å². The minimum absolute atomic E-state index is 0.0160. The van der Waals surface area contributed by atoms with Crippen LogP contribution in [0, 0.1) is 23.2 Å². The number of methoxy groups -OCH3 is 2. The highest BCUT2D eigenvalue weighted by molar-refractivity contribution is 5.91. The number of primary amides is 1. The number of ether oxygens (including phenoxy) is 4. The molecule has 6 atom stereocenters. The summed E-state index contributed by atoms with van der Waals surface area (Å²) in [6, 6.07) is 19.6. The molecule has 0 radical (unpaired) electrons. The standard InChI is InChI=1S/C53H64N8O8/c1-5-40-24-31(2)46(61(40)50(63)45(59-52(65)67-4)35-16-22-69-23-17-35)48-55-28-41(57-48)33-8-6-32(7-9-33)36-10-11-38-26-39(13-12-37(38)25-36)42-29-54-47(56-42)43-27-53(18-19-53)30-60(43)49(62)44(58-51(64)66-3)34-14-20-68-21-15-34/h6-13,25-26,28-29,31,34-35,40,43-46H,5,14-24,27,30H2,1-4H3,(H,54,56)(H,55,57)(H,58,64)(H,59,65)/p+1. The summed E-state index contributed by atoms with van der Waals surface area (Å²) in [5.41, 5.74) is 6.05. The zero-order valence-electron chi connectivity index (χ0n) is 40.1. The Labute approximate surface area is 402 Å². The normalized spacial score (nSPS) is 23.5. The van der Waals surface area contributed by atoms with Gasteiger partial charge in [-0.15, -0.1) is 0 Å². The third-order valence-electron chi connectivity index (χ3n) is 15.9. The number of hydrogen-bond acceptors (Lipinski definition) is 10. The lowest BCUT2D eigenvalue weighted by atomic mass is 9.90. The number of carbonyl (C=O) groups is 4. The van der Waals surface area contributed by atoms with E-state index in [0.29, 0.717) is 45.8 Å². The van der Waals surface area contributed by atoms with E-state index in [-0.39, 0.29) is 53.1 Å². The lowest BCUT2D eigenvalue weighted by molar-refractivity contribution is -0.603. The molecule has 16 heteroatoms. The van der Waals surface area contributed by atoms with E-state index in [9.17, 15) is 19.2 Å². The largest absolute Gasteiger partial charge is 0.513 e. The van der Waals surface area contributed by atoms with E-state index in [0.717, 1.165) is 101 Å². The van der Waals surface area contributed by atoms with Crippen LogP contribution in [-0.2, 0) is 28.5 Å². The minimum atomic E-state index is -0.711. The second-order valence-corrected chi connectivity index (χ2v) is 20.1. The summed E-state index contributed by atoms with van der Waals surface area (Å²) < 4.78 is 21.1. The average Bonchev–Trinajstić information content (AvgIpc) is 3.82. The Bertz CT molecular complexity index is 2670. The van der Waals surface area contributed by atoms with Crippen molar-refractivity contribution in [2.24, 2.45) is 23.2 Å². The van der Waals surface area contributed by atoms with Crippen molar-refractivity contribution in [3.05, 3.63) is 84.7 Å². The highest BCUT2D eigenvalue weighted by Crippen LogP contribution is 2.58. The van der Waals surface area contributed by atoms with Gasteiger partial charge in [0.05, 0.1) is 50.1 Å². The van der Waals surface area contributed by atoms with Gasteiger partial charge in [0.2, 0.25) is 5.91 Å². The number of rotatable bonds is 12. The lowest BCUT2D eigenvalue weighted by Gasteiger charge is -2.37. The molecule has 5 aliphatic rings. The molecule has 1 aliphatic carbocycles. The highest BCUT2D eigenvalue weighted by atomic mass is 16.5. The molecule has 364 valence electrons. The zero-order valence-corrected chi connectivity index (χ0v) is 40.1. The fraction of sp³-hybridized carbons (Fsp3) is 0.509. The molecule has 4 saturated heterocycles. The smallest absolute Gasteiger partial charge is 0.453 e. The third-order valence-corrected chi connectivity index (χ3v) is 15.9. The van der Waals surface area contributed by atoms with Crippen LogP contribution in [0.3, 0.4) is 0 Å². The molecule has 4 aliphatic heterocycles. The number of aromatic nitrogens is 4. The van der Waals surface area contributed by atoms with Crippen molar-refractivity contribution in [2.45, 2.75) is 102 Å². The number of quaternary nitrogens is 1. The molecule has 10 rings (SSSR count). The first kappa shape index (κ1) is 46.6. The van der Waals surface area contributed by atoms with Crippen molar-refractivity contribution in [1.29, 1.82) is 0 Å². The van der Waals surface area contributed by atoms with Crippen molar-refractivity contribution in [3.63, 3.8) is 0 Å². The van der Waals surface area contributed by atoms with Gasteiger partial charge in [-0.25, -0.2) is 20.1 Å². The zero-order chi connectivity index (χ0) is 47.8. The van der Waals surface area contributed by atoms with Gasteiger partial charge in [-0.05, 0) is 115 Å². The molecule has 16 nitrogen and oxygen atoms in total. The molecule has 69 heavy (non-hydrogen) atoms. The second kappa shape index (κ2) is 19.7. The number of benzene rings is 3. The van der Waals surface area contributed by atoms with Gasteiger partial charge in [-0.2, -0.15) is 4.79 Å². The first-order valence-electron chi connectivity index (χ1n) is 24.9. The summed E-state index contributed by atoms with van der Waals surface area (Å²) in [5.74, 6) is 1.52. The van der Waals surface area contributed by atoms with Crippen LogP contribution in [0.15, 0.2) is 73.1 Å². The van der Waals surface area contributed by atoms with E-state index in [1.165, 1.54) is 19.5 Å². The number of amides is 4. The summed E-state index contributed by atoms with van der Waals surface area (Å²) in [7, 11) is 2.68. The van der Waals surface area contributed by atoms with Gasteiger partial charge in [-0.1, -0.05) is 62.4 Å². The van der Waals surface area contributed by atoms with Gasteiger partial charge in [0.25, 0.3) is 5.91 Å². The number of aromatic amines is 2. The molecular weight excluding hydrogens is 877 g/mol. The van der Waals surface area contributed by atoms with E-state index in [4.69, 9.17) is 28.9 Å². The Morgan fingerprint density at radius 2 is 1.38 bits per heavy atom. The van der Waals surface area contributed by atoms with E-state index < -0.39 is 24.3 Å². The fourth-order valence-corrected chi connectivity index (χ4v) is 11.7. The maximum absolute atomic E-state index is 14.5. The predicted molar refractivity (Wildman–Crippen MR) is 257 cm³/mol. The van der Waals surface area contributed by atoms with Crippen molar-refractivity contribution in [3.8, 4) is 33.6 Å². The van der Waals surface area contributed by atoms with Crippen LogP contribution in [0.2, 0.25) is 0 Å². The number of nitrogens with two attached hydrogens (primary N) is 1. The second-order valence-electron chi connectivity index (χ2n) is 20.1. The number of H-pyrrole nitrogens is 2. The number of fused-ring (bicyclic) bond motifs is 1. The van der Waals surface area contributed by atoms with E-state index in [2.05, 4.69) is 89.8 Å².